The molecule has 0 bridgehead atoms. The Morgan fingerprint density at radius 1 is 1.17 bits per heavy atom. The Hall–Kier alpha value is -1.51. The Balaban J connectivity index is 2.47. The number of hydrogen-bond donors (Lipinski definition) is 2. The second kappa shape index (κ2) is 6.09. The van der Waals surface area contributed by atoms with E-state index in [2.05, 4.69) is 0 Å². The maximum absolute atomic E-state index is 13.2. The van der Waals surface area contributed by atoms with Gasteiger partial charge in [-0.15, -0.1) is 0 Å². The molecule has 4 N–H and O–H groups in total. The number of anilines is 1. The molecule has 1 heterocycles. The summed E-state index contributed by atoms with van der Waals surface area (Å²) in [6, 6.07) is 3.67. The van der Waals surface area contributed by atoms with Crippen molar-refractivity contribution >= 4 is 18.9 Å². The first-order valence-corrected chi connectivity index (χ1v) is 7.61. The minimum absolute atomic E-state index is 0.0115. The average molecular weight is 342 g/mol. The van der Waals surface area contributed by atoms with Crippen LogP contribution in [-0.4, -0.2) is 24.9 Å². The van der Waals surface area contributed by atoms with E-state index >= 15 is 0 Å². The third-order valence-electron chi connectivity index (χ3n) is 4.57. The number of benzene rings is 1. The van der Waals surface area contributed by atoms with Crippen LogP contribution in [0.4, 0.5) is 18.9 Å². The van der Waals surface area contributed by atoms with E-state index in [0.29, 0.717) is 5.47 Å². The summed E-state index contributed by atoms with van der Waals surface area (Å²) in [6.07, 6.45) is -3.20. The molecule has 0 radical (unpaired) electrons. The minimum atomic E-state index is -4.52. The van der Waals surface area contributed by atoms with Crippen molar-refractivity contribution in [3.8, 4) is 0 Å². The summed E-state index contributed by atoms with van der Waals surface area (Å²) in [7, 11) is -0.819. The summed E-state index contributed by atoms with van der Waals surface area (Å²) in [5, 5.41) is 0. The van der Waals surface area contributed by atoms with E-state index < -0.39 is 30.1 Å². The summed E-state index contributed by atoms with van der Waals surface area (Å²) < 4.78 is 51.4. The second-order valence-corrected chi connectivity index (χ2v) is 6.82. The Kier molecular flexibility index (Phi) is 4.78. The van der Waals surface area contributed by atoms with Crippen molar-refractivity contribution < 1.29 is 22.5 Å². The third-order valence-corrected chi connectivity index (χ3v) is 4.57. The van der Waals surface area contributed by atoms with Gasteiger partial charge in [0.2, 0.25) is 0 Å². The van der Waals surface area contributed by atoms with Crippen LogP contribution in [0.25, 0.3) is 6.08 Å². The molecule has 1 fully saturated rings. The molecule has 1 aromatic carbocycles. The molecule has 1 aromatic rings. The molecule has 0 atom stereocenters. The average Bonchev–Trinajstić information content (AvgIpc) is 2.64. The summed E-state index contributed by atoms with van der Waals surface area (Å²) in [4.78, 5) is 0. The summed E-state index contributed by atoms with van der Waals surface area (Å²) in [6.45, 7) is 7.43. The first kappa shape index (κ1) is 18.8. The monoisotopic (exact) mass is 342 g/mol. The fourth-order valence-electron chi connectivity index (χ4n) is 2.39. The summed E-state index contributed by atoms with van der Waals surface area (Å²) >= 11 is 0. The highest BCUT2D eigenvalue weighted by molar-refractivity contribution is 6.56. The van der Waals surface area contributed by atoms with Gasteiger partial charge in [-0.3, -0.25) is 0 Å². The van der Waals surface area contributed by atoms with Crippen molar-refractivity contribution in [3.05, 3.63) is 34.8 Å². The van der Waals surface area contributed by atoms with Gasteiger partial charge in [-0.2, -0.15) is 13.2 Å². The molecule has 8 heteroatoms. The summed E-state index contributed by atoms with van der Waals surface area (Å²) in [5.41, 5.74) is 9.76. The zero-order chi connectivity index (χ0) is 18.3. The lowest BCUT2D eigenvalue weighted by Crippen LogP contribution is -2.41. The van der Waals surface area contributed by atoms with E-state index in [9.17, 15) is 13.2 Å². The lowest BCUT2D eigenvalue weighted by Gasteiger charge is -2.32. The van der Waals surface area contributed by atoms with Crippen LogP contribution in [0.1, 0.15) is 38.8 Å². The van der Waals surface area contributed by atoms with Crippen LogP contribution in [-0.2, 0) is 15.5 Å². The van der Waals surface area contributed by atoms with Gasteiger partial charge in [-0.25, -0.2) is 0 Å². The molecule has 0 aliphatic carbocycles. The fourth-order valence-corrected chi connectivity index (χ4v) is 2.39. The van der Waals surface area contributed by atoms with E-state index in [4.69, 9.17) is 20.8 Å². The van der Waals surface area contributed by atoms with Gasteiger partial charge in [-0.1, -0.05) is 12.1 Å². The van der Waals surface area contributed by atoms with Crippen molar-refractivity contribution in [2.45, 2.75) is 45.1 Å². The topological polar surface area (TPSA) is 70.5 Å². The molecular formula is C16H22BF3N2O2. The normalized spacial score (nSPS) is 20.5. The Bertz CT molecular complexity index is 641. The second-order valence-electron chi connectivity index (χ2n) is 6.82. The van der Waals surface area contributed by atoms with Crippen LogP contribution in [0.3, 0.4) is 0 Å². The van der Waals surface area contributed by atoms with E-state index in [1.165, 1.54) is 18.2 Å². The lowest BCUT2D eigenvalue weighted by atomic mass is 9.76. The molecule has 4 nitrogen and oxygen atoms in total. The maximum Gasteiger partial charge on any atom is 0.491 e. The quantitative estimate of drug-likeness (QED) is 0.653. The Labute approximate surface area is 140 Å². The Morgan fingerprint density at radius 3 is 2.17 bits per heavy atom. The largest absolute Gasteiger partial charge is 0.491 e. The van der Waals surface area contributed by atoms with Gasteiger partial charge in [0.25, 0.3) is 0 Å². The molecule has 2 rings (SSSR count). The fraction of sp³-hybridized carbons (Fsp3) is 0.500. The summed E-state index contributed by atoms with van der Waals surface area (Å²) in [5.74, 6) is 0. The van der Waals surface area contributed by atoms with Crippen molar-refractivity contribution in [2.24, 2.45) is 5.73 Å². The van der Waals surface area contributed by atoms with Gasteiger partial charge in [-0.05, 0) is 45.3 Å². The third kappa shape index (κ3) is 3.45. The smallest absolute Gasteiger partial charge is 0.400 e. The van der Waals surface area contributed by atoms with Crippen LogP contribution in [0.15, 0.2) is 23.7 Å². The molecule has 0 saturated carbocycles. The molecular weight excluding hydrogens is 320 g/mol. The first-order valence-electron chi connectivity index (χ1n) is 7.61. The highest BCUT2D eigenvalue weighted by atomic mass is 19.4. The molecule has 24 heavy (non-hydrogen) atoms. The molecule has 0 unspecified atom stereocenters. The molecule has 1 saturated heterocycles. The predicted octanol–water partition coefficient (Wildman–Crippen LogP) is 3.26. The zero-order valence-electron chi connectivity index (χ0n) is 14.2. The minimum Gasteiger partial charge on any atom is -0.400 e. The van der Waals surface area contributed by atoms with Crippen LogP contribution in [0.2, 0.25) is 0 Å². The number of alkyl halides is 3. The van der Waals surface area contributed by atoms with Gasteiger partial charge in [0.1, 0.15) is 0 Å². The van der Waals surface area contributed by atoms with Crippen LogP contribution < -0.4 is 11.5 Å². The van der Waals surface area contributed by atoms with Crippen LogP contribution >= 0.6 is 0 Å². The number of hydrogen-bond acceptors (Lipinski definition) is 4. The van der Waals surface area contributed by atoms with Crippen LogP contribution in [0.5, 0.6) is 0 Å². The SMILES string of the molecule is CC1(C)OB(C(=Cc2c(N)cccc2C(F)(F)F)CN)OC1(C)C. The number of nitrogens with two attached hydrogens (primary N) is 2. The molecule has 132 valence electrons. The van der Waals surface area contributed by atoms with Crippen molar-refractivity contribution in [2.75, 3.05) is 12.3 Å². The molecule has 0 amide bonds. The Morgan fingerprint density at radius 2 is 1.71 bits per heavy atom. The van der Waals surface area contributed by atoms with Gasteiger partial charge < -0.3 is 20.8 Å². The van der Waals surface area contributed by atoms with E-state index in [1.54, 1.807) is 0 Å². The van der Waals surface area contributed by atoms with Crippen molar-refractivity contribution in [1.82, 2.24) is 0 Å². The standard InChI is InChI=1S/C16H22BF3N2O2/c1-14(2)15(3,4)24-17(23-14)10(9-21)8-11-12(16(18,19)20)6-5-7-13(11)22/h5-8H,9,21-22H2,1-4H3. The number of nitrogen functional groups attached to an aromatic ring is 1. The van der Waals surface area contributed by atoms with Crippen molar-refractivity contribution in [1.29, 1.82) is 0 Å². The van der Waals surface area contributed by atoms with Gasteiger partial charge >= 0.3 is 13.3 Å². The maximum atomic E-state index is 13.2. The predicted molar refractivity (Wildman–Crippen MR) is 89.0 cm³/mol. The molecule has 0 aromatic heterocycles. The van der Waals surface area contributed by atoms with Gasteiger partial charge in [0.15, 0.2) is 0 Å². The highest BCUT2D eigenvalue weighted by Crippen LogP contribution is 2.40. The van der Waals surface area contributed by atoms with Crippen LogP contribution in [0, 0.1) is 0 Å². The lowest BCUT2D eigenvalue weighted by molar-refractivity contribution is -0.137. The molecule has 1 aliphatic heterocycles. The van der Waals surface area contributed by atoms with Gasteiger partial charge in [0, 0.05) is 17.8 Å². The highest BCUT2D eigenvalue weighted by Gasteiger charge is 2.52. The van der Waals surface area contributed by atoms with E-state index in [0.717, 1.165) is 6.07 Å². The van der Waals surface area contributed by atoms with Crippen molar-refractivity contribution in [3.63, 3.8) is 0 Å². The van der Waals surface area contributed by atoms with E-state index in [-0.39, 0.29) is 17.8 Å². The van der Waals surface area contributed by atoms with E-state index in [1.807, 2.05) is 27.7 Å². The zero-order valence-corrected chi connectivity index (χ0v) is 14.2. The first-order chi connectivity index (χ1) is 10.9. The number of rotatable bonds is 3. The van der Waals surface area contributed by atoms with Gasteiger partial charge in [0.05, 0.1) is 16.8 Å². The molecule has 1 aliphatic rings. The number of halogens is 3. The molecule has 0 spiro atoms.